The van der Waals surface area contributed by atoms with Gasteiger partial charge in [-0.3, -0.25) is 14.4 Å². The zero-order valence-electron chi connectivity index (χ0n) is 16.5. The molecule has 1 aliphatic rings. The van der Waals surface area contributed by atoms with Gasteiger partial charge in [0.05, 0.1) is 5.56 Å². The van der Waals surface area contributed by atoms with E-state index in [0.717, 1.165) is 32.9 Å². The fourth-order valence-electron chi connectivity index (χ4n) is 2.51. The molecule has 0 bridgehead atoms. The van der Waals surface area contributed by atoms with Crippen LogP contribution >= 0.6 is 0 Å². The minimum absolute atomic E-state index is 0.0760. The molecule has 1 aromatic carbocycles. The standard InChI is InChI=1S/C19H20O10/c1-9(20)26-13-6-12(7-14(27-10(2)21)15(13)28-11(3)22)17(23)29-16-18(24)25-8-19(16,4)5/h6-7,16H,8H2,1-5H3/t16-/m0/s1. The first-order valence-electron chi connectivity index (χ1n) is 8.51. The highest BCUT2D eigenvalue weighted by Crippen LogP contribution is 2.40. The summed E-state index contributed by atoms with van der Waals surface area (Å²) in [7, 11) is 0. The van der Waals surface area contributed by atoms with Crippen LogP contribution < -0.4 is 14.2 Å². The van der Waals surface area contributed by atoms with Gasteiger partial charge < -0.3 is 23.7 Å². The molecule has 0 spiro atoms. The number of rotatable bonds is 5. The molecule has 0 N–H and O–H groups in total. The molecule has 0 aliphatic carbocycles. The predicted octanol–water partition coefficient (Wildman–Crippen LogP) is 1.57. The van der Waals surface area contributed by atoms with E-state index in [1.54, 1.807) is 13.8 Å². The molecule has 0 unspecified atom stereocenters. The van der Waals surface area contributed by atoms with Gasteiger partial charge in [0.1, 0.15) is 6.61 Å². The minimum Gasteiger partial charge on any atom is -0.462 e. The van der Waals surface area contributed by atoms with Crippen molar-refractivity contribution in [2.75, 3.05) is 6.61 Å². The van der Waals surface area contributed by atoms with Crippen molar-refractivity contribution in [1.29, 1.82) is 0 Å². The van der Waals surface area contributed by atoms with Gasteiger partial charge in [-0.15, -0.1) is 0 Å². The topological polar surface area (TPSA) is 132 Å². The predicted molar refractivity (Wildman–Crippen MR) is 94.3 cm³/mol. The molecule has 29 heavy (non-hydrogen) atoms. The number of carbonyl (C=O) groups excluding carboxylic acids is 5. The van der Waals surface area contributed by atoms with E-state index < -0.39 is 41.4 Å². The molecule has 2 rings (SSSR count). The van der Waals surface area contributed by atoms with Crippen LogP contribution in [0.2, 0.25) is 0 Å². The smallest absolute Gasteiger partial charge is 0.348 e. The van der Waals surface area contributed by atoms with Crippen molar-refractivity contribution < 1.29 is 47.7 Å². The highest BCUT2D eigenvalue weighted by Gasteiger charge is 2.46. The van der Waals surface area contributed by atoms with Crippen molar-refractivity contribution in [1.82, 2.24) is 0 Å². The molecule has 0 aromatic heterocycles. The molecular formula is C19H20O10. The second kappa shape index (κ2) is 8.29. The number of esters is 5. The molecule has 1 saturated heterocycles. The first kappa shape index (κ1) is 21.9. The molecule has 1 fully saturated rings. The molecule has 1 aromatic rings. The van der Waals surface area contributed by atoms with Crippen molar-refractivity contribution >= 4 is 29.8 Å². The van der Waals surface area contributed by atoms with Gasteiger partial charge in [0.2, 0.25) is 11.9 Å². The summed E-state index contributed by atoms with van der Waals surface area (Å²) >= 11 is 0. The largest absolute Gasteiger partial charge is 0.462 e. The Kier molecular flexibility index (Phi) is 6.25. The number of ether oxygens (including phenoxy) is 5. The summed E-state index contributed by atoms with van der Waals surface area (Å²) in [4.78, 5) is 58.7. The van der Waals surface area contributed by atoms with E-state index in [0.29, 0.717) is 0 Å². The van der Waals surface area contributed by atoms with Gasteiger partial charge in [-0.1, -0.05) is 13.8 Å². The van der Waals surface area contributed by atoms with Gasteiger partial charge in [-0.25, -0.2) is 9.59 Å². The maximum absolute atomic E-state index is 12.6. The molecule has 0 saturated carbocycles. The van der Waals surface area contributed by atoms with E-state index in [2.05, 4.69) is 0 Å². The summed E-state index contributed by atoms with van der Waals surface area (Å²) in [5.41, 5.74) is -0.953. The van der Waals surface area contributed by atoms with E-state index in [-0.39, 0.29) is 29.4 Å². The van der Waals surface area contributed by atoms with Crippen LogP contribution in [0.3, 0.4) is 0 Å². The van der Waals surface area contributed by atoms with Crippen LogP contribution in [0.25, 0.3) is 0 Å². The van der Waals surface area contributed by atoms with E-state index in [1.165, 1.54) is 0 Å². The van der Waals surface area contributed by atoms with Crippen LogP contribution in [0.5, 0.6) is 17.2 Å². The lowest BCUT2D eigenvalue weighted by Crippen LogP contribution is -2.35. The van der Waals surface area contributed by atoms with Crippen LogP contribution in [0.15, 0.2) is 12.1 Å². The number of benzene rings is 1. The maximum atomic E-state index is 12.6. The van der Waals surface area contributed by atoms with E-state index >= 15 is 0 Å². The molecule has 1 atom stereocenters. The zero-order chi connectivity index (χ0) is 21.9. The van der Waals surface area contributed by atoms with Crippen LogP contribution in [-0.2, 0) is 28.7 Å². The van der Waals surface area contributed by atoms with Crippen molar-refractivity contribution in [3.05, 3.63) is 17.7 Å². The lowest BCUT2D eigenvalue weighted by atomic mass is 9.90. The highest BCUT2D eigenvalue weighted by atomic mass is 16.6. The Morgan fingerprint density at radius 2 is 1.41 bits per heavy atom. The summed E-state index contributed by atoms with van der Waals surface area (Å²) in [6, 6.07) is 2.14. The van der Waals surface area contributed by atoms with Crippen molar-refractivity contribution in [2.45, 2.75) is 40.7 Å². The average Bonchev–Trinajstić information content (AvgIpc) is 2.83. The fourth-order valence-corrected chi connectivity index (χ4v) is 2.51. The van der Waals surface area contributed by atoms with Crippen molar-refractivity contribution in [3.8, 4) is 17.2 Å². The SMILES string of the molecule is CC(=O)Oc1cc(C(=O)O[C@H]2C(=O)OCC2(C)C)cc(OC(C)=O)c1OC(C)=O. The van der Waals surface area contributed by atoms with Crippen LogP contribution in [0.4, 0.5) is 0 Å². The molecule has 1 aliphatic heterocycles. The third-order valence-corrected chi connectivity index (χ3v) is 3.74. The molecule has 10 heteroatoms. The monoisotopic (exact) mass is 408 g/mol. The van der Waals surface area contributed by atoms with Gasteiger partial charge in [0, 0.05) is 26.2 Å². The Morgan fingerprint density at radius 3 is 1.79 bits per heavy atom. The lowest BCUT2D eigenvalue weighted by Gasteiger charge is -2.22. The van der Waals surface area contributed by atoms with Gasteiger partial charge in [-0.2, -0.15) is 0 Å². The van der Waals surface area contributed by atoms with E-state index in [1.807, 2.05) is 0 Å². The number of hydrogen-bond donors (Lipinski definition) is 0. The molecule has 156 valence electrons. The Bertz CT molecular complexity index is 846. The lowest BCUT2D eigenvalue weighted by molar-refractivity contribution is -0.145. The van der Waals surface area contributed by atoms with Crippen LogP contribution in [0.1, 0.15) is 45.0 Å². The zero-order valence-corrected chi connectivity index (χ0v) is 16.5. The van der Waals surface area contributed by atoms with Crippen molar-refractivity contribution in [2.24, 2.45) is 5.41 Å². The Hall–Kier alpha value is -3.43. The summed E-state index contributed by atoms with van der Waals surface area (Å²) in [6.07, 6.45) is -1.16. The van der Waals surface area contributed by atoms with Gasteiger partial charge in [0.15, 0.2) is 11.5 Å². The number of hydrogen-bond acceptors (Lipinski definition) is 10. The summed E-state index contributed by atoms with van der Waals surface area (Å²) < 4.78 is 25.1. The second-order valence-corrected chi connectivity index (χ2v) is 6.96. The summed E-state index contributed by atoms with van der Waals surface area (Å²) in [5, 5.41) is 0. The molecule has 1 heterocycles. The molecule has 10 nitrogen and oxygen atoms in total. The quantitative estimate of drug-likeness (QED) is 0.522. The van der Waals surface area contributed by atoms with Crippen molar-refractivity contribution in [3.63, 3.8) is 0 Å². The third kappa shape index (κ3) is 5.31. The van der Waals surface area contributed by atoms with Gasteiger partial charge in [0.25, 0.3) is 0 Å². The van der Waals surface area contributed by atoms with Crippen LogP contribution in [0, 0.1) is 5.41 Å². The molecular weight excluding hydrogens is 388 g/mol. The second-order valence-electron chi connectivity index (χ2n) is 6.96. The normalized spacial score (nSPS) is 17.1. The fraction of sp³-hybridized carbons (Fsp3) is 0.421. The minimum atomic E-state index is -1.16. The first-order chi connectivity index (χ1) is 13.4. The Balaban J connectivity index is 2.48. The molecule has 0 radical (unpaired) electrons. The average molecular weight is 408 g/mol. The van der Waals surface area contributed by atoms with Gasteiger partial charge >= 0.3 is 29.8 Å². The summed E-state index contributed by atoms with van der Waals surface area (Å²) in [6.45, 7) is 6.72. The number of cyclic esters (lactones) is 1. The Morgan fingerprint density at radius 1 is 0.931 bits per heavy atom. The molecule has 0 amide bonds. The van der Waals surface area contributed by atoms with Crippen LogP contribution in [-0.4, -0.2) is 42.6 Å². The third-order valence-electron chi connectivity index (χ3n) is 3.74. The number of carbonyl (C=O) groups is 5. The van der Waals surface area contributed by atoms with E-state index in [4.69, 9.17) is 23.7 Å². The highest BCUT2D eigenvalue weighted by molar-refractivity contribution is 5.94. The van der Waals surface area contributed by atoms with E-state index in [9.17, 15) is 24.0 Å². The maximum Gasteiger partial charge on any atom is 0.348 e. The summed E-state index contributed by atoms with van der Waals surface area (Å²) in [5.74, 6) is -5.04. The first-order valence-corrected chi connectivity index (χ1v) is 8.51. The van der Waals surface area contributed by atoms with Gasteiger partial charge in [-0.05, 0) is 12.1 Å². The Labute approximate surface area is 166 Å².